The van der Waals surface area contributed by atoms with Crippen LogP contribution >= 0.6 is 27.3 Å². The number of carbonyl (C=O) groups is 1. The van der Waals surface area contributed by atoms with E-state index in [2.05, 4.69) is 15.9 Å². The molecule has 0 saturated carbocycles. The molecule has 0 fully saturated rings. The van der Waals surface area contributed by atoms with Gasteiger partial charge in [-0.2, -0.15) is 0 Å². The second-order valence-electron chi connectivity index (χ2n) is 3.72. The molecule has 5 heteroatoms. The van der Waals surface area contributed by atoms with Crippen molar-refractivity contribution < 1.29 is 15.0 Å². The summed E-state index contributed by atoms with van der Waals surface area (Å²) in [5, 5.41) is 20.8. The summed E-state index contributed by atoms with van der Waals surface area (Å²) in [6.45, 7) is 3.59. The number of carboxylic acids is 1. The van der Waals surface area contributed by atoms with Crippen LogP contribution in [-0.4, -0.2) is 16.2 Å². The van der Waals surface area contributed by atoms with Gasteiger partial charge in [-0.15, -0.1) is 11.3 Å². The first-order chi connectivity index (χ1) is 6.93. The van der Waals surface area contributed by atoms with Gasteiger partial charge >= 0.3 is 5.97 Å². The van der Waals surface area contributed by atoms with Crippen molar-refractivity contribution in [3.05, 3.63) is 20.8 Å². The molecule has 0 saturated heterocycles. The van der Waals surface area contributed by atoms with Gasteiger partial charge in [0.15, 0.2) is 0 Å². The van der Waals surface area contributed by atoms with Crippen LogP contribution in [0.1, 0.15) is 24.8 Å². The van der Waals surface area contributed by atoms with Crippen molar-refractivity contribution in [1.29, 1.82) is 0 Å². The van der Waals surface area contributed by atoms with Gasteiger partial charge in [-0.3, -0.25) is 4.79 Å². The van der Waals surface area contributed by atoms with Crippen LogP contribution in [0.15, 0.2) is 15.9 Å². The first kappa shape index (κ1) is 12.7. The molecule has 15 heavy (non-hydrogen) atoms. The van der Waals surface area contributed by atoms with Crippen LogP contribution in [0.3, 0.4) is 0 Å². The monoisotopic (exact) mass is 292 g/mol. The second kappa shape index (κ2) is 5.09. The third-order valence-corrected chi connectivity index (χ3v) is 3.99. The van der Waals surface area contributed by atoms with Crippen LogP contribution in [0, 0.1) is 11.8 Å². The summed E-state index contributed by atoms with van der Waals surface area (Å²) in [6, 6.07) is 1.76. The van der Waals surface area contributed by atoms with E-state index in [1.54, 1.807) is 19.9 Å². The molecule has 1 aromatic rings. The summed E-state index contributed by atoms with van der Waals surface area (Å²) in [5.41, 5.74) is 0. The van der Waals surface area contributed by atoms with E-state index in [-0.39, 0.29) is 5.92 Å². The Labute approximate surface area is 101 Å². The molecule has 0 aliphatic rings. The predicted octanol–water partition coefficient (Wildman–Crippen LogP) is 2.90. The maximum Gasteiger partial charge on any atom is 0.309 e. The average Bonchev–Trinajstić information content (AvgIpc) is 2.50. The van der Waals surface area contributed by atoms with E-state index in [1.807, 2.05) is 5.38 Å². The molecule has 3 nitrogen and oxygen atoms in total. The normalized spacial score (nSPS) is 15.3. The van der Waals surface area contributed by atoms with Crippen molar-refractivity contribution in [2.75, 3.05) is 0 Å². The number of aliphatic carboxylic acids is 1. The maximum atomic E-state index is 11.0. The van der Waals surface area contributed by atoms with Crippen LogP contribution in [0.4, 0.5) is 0 Å². The summed E-state index contributed by atoms with van der Waals surface area (Å²) in [6.07, 6.45) is -0.932. The molecular weight excluding hydrogens is 280 g/mol. The number of aliphatic hydroxyl groups is 1. The van der Waals surface area contributed by atoms with Gasteiger partial charge in [0.1, 0.15) is 6.10 Å². The quantitative estimate of drug-likeness (QED) is 0.897. The van der Waals surface area contributed by atoms with Gasteiger partial charge in [0.05, 0.1) is 5.92 Å². The average molecular weight is 293 g/mol. The van der Waals surface area contributed by atoms with Gasteiger partial charge in [-0.05, 0) is 27.9 Å². The molecule has 2 unspecified atom stereocenters. The van der Waals surface area contributed by atoms with Crippen molar-refractivity contribution >= 4 is 33.2 Å². The van der Waals surface area contributed by atoms with Gasteiger partial charge in [0.2, 0.25) is 0 Å². The zero-order valence-electron chi connectivity index (χ0n) is 8.48. The van der Waals surface area contributed by atoms with E-state index >= 15 is 0 Å². The molecule has 0 aliphatic heterocycles. The number of thiophene rings is 1. The van der Waals surface area contributed by atoms with Crippen LogP contribution < -0.4 is 0 Å². The minimum atomic E-state index is -0.956. The molecule has 0 aliphatic carbocycles. The molecule has 1 heterocycles. The lowest BCUT2D eigenvalue weighted by Gasteiger charge is -2.21. The van der Waals surface area contributed by atoms with E-state index in [0.717, 1.165) is 4.47 Å². The number of halogens is 1. The first-order valence-corrected chi connectivity index (χ1v) is 6.25. The Morgan fingerprint density at radius 3 is 2.47 bits per heavy atom. The fraction of sp³-hybridized carbons (Fsp3) is 0.500. The van der Waals surface area contributed by atoms with E-state index in [0.29, 0.717) is 4.88 Å². The van der Waals surface area contributed by atoms with Crippen LogP contribution in [0.25, 0.3) is 0 Å². The lowest BCUT2D eigenvalue weighted by molar-refractivity contribution is -0.148. The molecule has 2 atom stereocenters. The standard InChI is InChI=1S/C10H13BrO3S/c1-5(2)8(10(13)14)9(12)7-3-6(11)4-15-7/h3-5,8-9,12H,1-2H3,(H,13,14). The molecular formula is C10H13BrO3S. The highest BCUT2D eigenvalue weighted by Crippen LogP contribution is 2.33. The third kappa shape index (κ3) is 3.03. The van der Waals surface area contributed by atoms with Crippen LogP contribution in [0.5, 0.6) is 0 Å². The molecule has 0 aromatic carbocycles. The fourth-order valence-corrected chi connectivity index (χ4v) is 2.92. The van der Waals surface area contributed by atoms with Crippen LogP contribution in [0.2, 0.25) is 0 Å². The number of hydrogen-bond acceptors (Lipinski definition) is 3. The topological polar surface area (TPSA) is 57.5 Å². The lowest BCUT2D eigenvalue weighted by atomic mass is 9.89. The van der Waals surface area contributed by atoms with Crippen molar-refractivity contribution in [1.82, 2.24) is 0 Å². The van der Waals surface area contributed by atoms with E-state index in [1.165, 1.54) is 11.3 Å². The lowest BCUT2D eigenvalue weighted by Crippen LogP contribution is -2.26. The highest BCUT2D eigenvalue weighted by molar-refractivity contribution is 9.10. The Hall–Kier alpha value is -0.390. The minimum Gasteiger partial charge on any atom is -0.481 e. The smallest absolute Gasteiger partial charge is 0.309 e. The number of carboxylic acid groups (broad SMARTS) is 1. The van der Waals surface area contributed by atoms with Crippen molar-refractivity contribution in [3.8, 4) is 0 Å². The number of hydrogen-bond donors (Lipinski definition) is 2. The Morgan fingerprint density at radius 2 is 2.13 bits per heavy atom. The van der Waals surface area contributed by atoms with Gasteiger partial charge in [-0.1, -0.05) is 13.8 Å². The summed E-state index contributed by atoms with van der Waals surface area (Å²) in [4.78, 5) is 11.7. The minimum absolute atomic E-state index is 0.0987. The third-order valence-electron chi connectivity index (χ3n) is 2.22. The molecule has 0 radical (unpaired) electrons. The van der Waals surface area contributed by atoms with Crippen molar-refractivity contribution in [2.45, 2.75) is 20.0 Å². The number of aliphatic hydroxyl groups excluding tert-OH is 1. The molecule has 1 aromatic heterocycles. The molecule has 0 bridgehead atoms. The Kier molecular flexibility index (Phi) is 4.31. The largest absolute Gasteiger partial charge is 0.481 e. The highest BCUT2D eigenvalue weighted by Gasteiger charge is 2.31. The van der Waals surface area contributed by atoms with Crippen LogP contribution in [-0.2, 0) is 4.79 Å². The fourth-order valence-electron chi connectivity index (χ4n) is 1.45. The molecule has 2 N–H and O–H groups in total. The number of rotatable bonds is 4. The summed E-state index contributed by atoms with van der Waals surface area (Å²) < 4.78 is 0.870. The summed E-state index contributed by atoms with van der Waals surface area (Å²) in [7, 11) is 0. The van der Waals surface area contributed by atoms with Crippen molar-refractivity contribution in [2.24, 2.45) is 11.8 Å². The molecule has 0 amide bonds. The van der Waals surface area contributed by atoms with E-state index in [4.69, 9.17) is 5.11 Å². The molecule has 84 valence electrons. The summed E-state index contributed by atoms with van der Waals surface area (Å²) >= 11 is 4.64. The van der Waals surface area contributed by atoms with Gasteiger partial charge in [0, 0.05) is 14.7 Å². The van der Waals surface area contributed by atoms with Crippen molar-refractivity contribution in [3.63, 3.8) is 0 Å². The summed E-state index contributed by atoms with van der Waals surface area (Å²) in [5.74, 6) is -1.81. The zero-order chi connectivity index (χ0) is 11.6. The molecule has 1 rings (SSSR count). The zero-order valence-corrected chi connectivity index (χ0v) is 10.9. The Morgan fingerprint density at radius 1 is 1.53 bits per heavy atom. The van der Waals surface area contributed by atoms with Gasteiger partial charge < -0.3 is 10.2 Å². The highest BCUT2D eigenvalue weighted by atomic mass is 79.9. The first-order valence-electron chi connectivity index (χ1n) is 4.58. The Balaban J connectivity index is 2.90. The van der Waals surface area contributed by atoms with E-state index in [9.17, 15) is 9.90 Å². The van der Waals surface area contributed by atoms with E-state index < -0.39 is 18.0 Å². The predicted molar refractivity (Wildman–Crippen MR) is 62.9 cm³/mol. The second-order valence-corrected chi connectivity index (χ2v) is 5.58. The maximum absolute atomic E-state index is 11.0. The SMILES string of the molecule is CC(C)C(C(=O)O)C(O)c1cc(Br)cs1. The molecule has 0 spiro atoms. The Bertz CT molecular complexity index is 348. The van der Waals surface area contributed by atoms with Gasteiger partial charge in [-0.25, -0.2) is 0 Å². The van der Waals surface area contributed by atoms with Gasteiger partial charge in [0.25, 0.3) is 0 Å².